The van der Waals surface area contributed by atoms with Crippen LogP contribution in [0.5, 0.6) is 0 Å². The van der Waals surface area contributed by atoms with Gasteiger partial charge in [-0.1, -0.05) is 44.6 Å². The Labute approximate surface area is 178 Å². The van der Waals surface area contributed by atoms with Gasteiger partial charge in [0.25, 0.3) is 0 Å². The van der Waals surface area contributed by atoms with Crippen molar-refractivity contribution in [1.82, 2.24) is 0 Å². The highest BCUT2D eigenvalue weighted by atomic mass is 16.3. The molecule has 0 aromatic rings. The molecule has 2 heteroatoms. The van der Waals surface area contributed by atoms with E-state index < -0.39 is 5.60 Å². The first kappa shape index (κ1) is 21.6. The molecule has 0 aromatic carbocycles. The average Bonchev–Trinajstić information content (AvgIpc) is 2.98. The first-order valence-electron chi connectivity index (χ1n) is 12.3. The van der Waals surface area contributed by atoms with E-state index in [4.69, 9.17) is 0 Å². The molecule has 4 aliphatic rings. The molecule has 3 fully saturated rings. The van der Waals surface area contributed by atoms with Crippen LogP contribution in [-0.2, 0) is 0 Å². The van der Waals surface area contributed by atoms with E-state index in [9.17, 15) is 10.2 Å². The molecular formula is C27H44O2. The summed E-state index contributed by atoms with van der Waals surface area (Å²) in [6.07, 6.45) is 17.7. The molecule has 0 heterocycles. The van der Waals surface area contributed by atoms with E-state index in [1.54, 1.807) is 5.57 Å². The van der Waals surface area contributed by atoms with Gasteiger partial charge in [0.2, 0.25) is 0 Å². The Morgan fingerprint density at radius 2 is 1.90 bits per heavy atom. The number of aliphatic hydroxyl groups is 2. The monoisotopic (exact) mass is 400 g/mol. The van der Waals surface area contributed by atoms with Crippen molar-refractivity contribution in [1.29, 1.82) is 0 Å². The normalized spacial score (nSPS) is 46.0. The van der Waals surface area contributed by atoms with Gasteiger partial charge < -0.3 is 10.2 Å². The van der Waals surface area contributed by atoms with Crippen LogP contribution >= 0.6 is 0 Å². The third-order valence-corrected chi connectivity index (χ3v) is 9.84. The highest BCUT2D eigenvalue weighted by Gasteiger charge is 2.58. The van der Waals surface area contributed by atoms with Crippen molar-refractivity contribution >= 4 is 0 Å². The maximum absolute atomic E-state index is 10.2. The van der Waals surface area contributed by atoms with Gasteiger partial charge in [0.05, 0.1) is 11.7 Å². The van der Waals surface area contributed by atoms with Crippen LogP contribution in [0.25, 0.3) is 0 Å². The zero-order valence-electron chi connectivity index (χ0n) is 19.5. The molecule has 0 radical (unpaired) electrons. The SMILES string of the molecule is C[C@H](/C=C/CC(C)(C)O)[C@H]1CC[C@H]2[C@@H]3CC=C4C[C@@H](O)CC[C@]4(C)[C@H]3CC[C@]12C. The lowest BCUT2D eigenvalue weighted by atomic mass is 9.47. The third-order valence-electron chi connectivity index (χ3n) is 9.84. The average molecular weight is 401 g/mol. The summed E-state index contributed by atoms with van der Waals surface area (Å²) in [5.41, 5.74) is 1.79. The third kappa shape index (κ3) is 3.78. The van der Waals surface area contributed by atoms with Gasteiger partial charge >= 0.3 is 0 Å². The standard InChI is InChI=1S/C27H44O2/c1-18(7-6-14-25(2,3)29)22-10-11-23-21-9-8-19-17-20(28)12-15-26(19,4)24(21)13-16-27(22,23)5/h6-8,18,20-24,28-29H,9-17H2,1-5H3/b7-6+/t18-,20+,21+,22-,23+,24+,26+,27-/m1/s1. The van der Waals surface area contributed by atoms with Crippen LogP contribution in [0.15, 0.2) is 23.8 Å². The van der Waals surface area contributed by atoms with E-state index in [2.05, 4.69) is 39.0 Å². The molecule has 0 aromatic heterocycles. The van der Waals surface area contributed by atoms with Gasteiger partial charge in [-0.05, 0) is 112 Å². The fourth-order valence-corrected chi connectivity index (χ4v) is 8.25. The summed E-state index contributed by atoms with van der Waals surface area (Å²) >= 11 is 0. The summed E-state index contributed by atoms with van der Waals surface area (Å²) in [7, 11) is 0. The van der Waals surface area contributed by atoms with Crippen molar-refractivity contribution in [2.75, 3.05) is 0 Å². The lowest BCUT2D eigenvalue weighted by Gasteiger charge is -2.58. The maximum atomic E-state index is 10.2. The van der Waals surface area contributed by atoms with Crippen molar-refractivity contribution in [3.05, 3.63) is 23.8 Å². The zero-order chi connectivity index (χ0) is 21.0. The smallest absolute Gasteiger partial charge is 0.0626 e. The van der Waals surface area contributed by atoms with E-state index in [1.807, 2.05) is 13.8 Å². The molecule has 4 aliphatic carbocycles. The minimum atomic E-state index is -0.606. The van der Waals surface area contributed by atoms with Crippen LogP contribution in [0.2, 0.25) is 0 Å². The molecule has 8 atom stereocenters. The first-order chi connectivity index (χ1) is 13.5. The fraction of sp³-hybridized carbons (Fsp3) is 0.852. The van der Waals surface area contributed by atoms with Crippen LogP contribution in [-0.4, -0.2) is 21.9 Å². The van der Waals surface area contributed by atoms with E-state index in [0.717, 1.165) is 42.9 Å². The molecule has 29 heavy (non-hydrogen) atoms. The molecule has 3 saturated carbocycles. The lowest BCUT2D eigenvalue weighted by molar-refractivity contribution is -0.0540. The fourth-order valence-electron chi connectivity index (χ4n) is 8.25. The predicted octanol–water partition coefficient (Wildman–Crippen LogP) is 6.28. The Kier molecular flexibility index (Phi) is 5.61. The van der Waals surface area contributed by atoms with Gasteiger partial charge in [-0.3, -0.25) is 0 Å². The molecule has 4 rings (SSSR count). The Balaban J connectivity index is 1.51. The van der Waals surface area contributed by atoms with E-state index >= 15 is 0 Å². The Morgan fingerprint density at radius 1 is 1.14 bits per heavy atom. The van der Waals surface area contributed by atoms with Crippen molar-refractivity contribution in [2.45, 2.75) is 104 Å². The van der Waals surface area contributed by atoms with Gasteiger partial charge in [0.1, 0.15) is 0 Å². The summed E-state index contributed by atoms with van der Waals surface area (Å²) in [6, 6.07) is 0. The van der Waals surface area contributed by atoms with Crippen LogP contribution in [0.1, 0.15) is 92.4 Å². The summed E-state index contributed by atoms with van der Waals surface area (Å²) < 4.78 is 0. The highest BCUT2D eigenvalue weighted by molar-refractivity contribution is 5.25. The van der Waals surface area contributed by atoms with Gasteiger partial charge in [-0.15, -0.1) is 0 Å². The van der Waals surface area contributed by atoms with E-state index in [0.29, 0.717) is 16.7 Å². The Morgan fingerprint density at radius 3 is 2.62 bits per heavy atom. The number of hydrogen-bond donors (Lipinski definition) is 2. The van der Waals surface area contributed by atoms with E-state index in [-0.39, 0.29) is 6.10 Å². The molecule has 2 nitrogen and oxygen atoms in total. The molecule has 0 amide bonds. The quantitative estimate of drug-likeness (QED) is 0.545. The Bertz CT molecular complexity index is 671. The summed E-state index contributed by atoms with van der Waals surface area (Å²) in [5, 5.41) is 20.2. The molecule has 0 spiro atoms. The topological polar surface area (TPSA) is 40.5 Å². The number of hydrogen-bond acceptors (Lipinski definition) is 2. The number of fused-ring (bicyclic) bond motifs is 5. The summed E-state index contributed by atoms with van der Waals surface area (Å²) in [4.78, 5) is 0. The zero-order valence-corrected chi connectivity index (χ0v) is 19.5. The van der Waals surface area contributed by atoms with Crippen LogP contribution in [0.4, 0.5) is 0 Å². The van der Waals surface area contributed by atoms with Crippen molar-refractivity contribution in [3.8, 4) is 0 Å². The molecule has 0 unspecified atom stereocenters. The number of rotatable bonds is 4. The van der Waals surface area contributed by atoms with Gasteiger partial charge in [-0.2, -0.15) is 0 Å². The largest absolute Gasteiger partial charge is 0.393 e. The highest BCUT2D eigenvalue weighted by Crippen LogP contribution is 2.67. The Hall–Kier alpha value is -0.600. The molecular weight excluding hydrogens is 356 g/mol. The minimum Gasteiger partial charge on any atom is -0.393 e. The second kappa shape index (κ2) is 7.52. The van der Waals surface area contributed by atoms with Gasteiger partial charge in [0, 0.05) is 0 Å². The van der Waals surface area contributed by atoms with Gasteiger partial charge in [-0.25, -0.2) is 0 Å². The van der Waals surface area contributed by atoms with Crippen molar-refractivity contribution in [3.63, 3.8) is 0 Å². The molecule has 0 saturated heterocycles. The van der Waals surface area contributed by atoms with Gasteiger partial charge in [0.15, 0.2) is 0 Å². The number of allylic oxidation sites excluding steroid dienone is 2. The molecule has 0 aliphatic heterocycles. The minimum absolute atomic E-state index is 0.105. The second-order valence-corrected chi connectivity index (χ2v) is 12.2. The maximum Gasteiger partial charge on any atom is 0.0626 e. The van der Waals surface area contributed by atoms with Crippen LogP contribution < -0.4 is 0 Å². The van der Waals surface area contributed by atoms with Crippen molar-refractivity contribution in [2.24, 2.45) is 40.4 Å². The molecule has 164 valence electrons. The van der Waals surface area contributed by atoms with E-state index in [1.165, 1.54) is 38.5 Å². The molecule has 2 N–H and O–H groups in total. The lowest BCUT2D eigenvalue weighted by Crippen LogP contribution is -2.50. The summed E-state index contributed by atoms with van der Waals surface area (Å²) in [6.45, 7) is 11.3. The van der Waals surface area contributed by atoms with Crippen molar-refractivity contribution < 1.29 is 10.2 Å². The molecule has 0 bridgehead atoms. The predicted molar refractivity (Wildman–Crippen MR) is 120 cm³/mol. The second-order valence-electron chi connectivity index (χ2n) is 12.2. The first-order valence-corrected chi connectivity index (χ1v) is 12.3. The van der Waals surface area contributed by atoms with Crippen LogP contribution in [0, 0.1) is 40.4 Å². The summed E-state index contributed by atoms with van der Waals surface area (Å²) in [5.74, 6) is 3.90. The number of aliphatic hydroxyl groups excluding tert-OH is 1. The van der Waals surface area contributed by atoms with Crippen LogP contribution in [0.3, 0.4) is 0 Å².